The van der Waals surface area contributed by atoms with Gasteiger partial charge in [0, 0.05) is 26.6 Å². The number of carbonyl (C=O) groups excluding carboxylic acids is 1. The molecule has 0 heterocycles. The Bertz CT molecular complexity index is 623. The van der Waals surface area contributed by atoms with Gasteiger partial charge >= 0.3 is 0 Å². The number of halogens is 1. The van der Waals surface area contributed by atoms with Crippen LogP contribution in [-0.4, -0.2) is 39.3 Å². The highest BCUT2D eigenvalue weighted by Gasteiger charge is 2.25. The molecule has 1 aromatic rings. The molecule has 1 unspecified atom stereocenters. The van der Waals surface area contributed by atoms with E-state index in [0.29, 0.717) is 10.6 Å². The molecule has 0 spiro atoms. The molecule has 8 heteroatoms. The smallest absolute Gasteiger partial charge is 0.242 e. The Balaban J connectivity index is 3.08. The van der Waals surface area contributed by atoms with Crippen LogP contribution in [0.15, 0.2) is 17.0 Å². The number of hydrogen-bond acceptors (Lipinski definition) is 4. The molecular formula is C13H20ClN3O3S. The highest BCUT2D eigenvalue weighted by atomic mass is 35.5. The number of carbonyl (C=O) groups is 1. The third-order valence-corrected chi connectivity index (χ3v) is 5.51. The maximum Gasteiger partial charge on any atom is 0.242 e. The second kappa shape index (κ2) is 6.64. The second-order valence-electron chi connectivity index (χ2n) is 4.94. The molecule has 1 atom stereocenters. The summed E-state index contributed by atoms with van der Waals surface area (Å²) in [4.78, 5) is 11.6. The van der Waals surface area contributed by atoms with E-state index < -0.39 is 15.9 Å². The Labute approximate surface area is 130 Å². The number of anilines is 1. The van der Waals surface area contributed by atoms with Crippen molar-refractivity contribution >= 4 is 33.2 Å². The van der Waals surface area contributed by atoms with Crippen LogP contribution in [-0.2, 0) is 14.8 Å². The molecule has 0 aliphatic rings. The lowest BCUT2D eigenvalue weighted by Gasteiger charge is -2.21. The summed E-state index contributed by atoms with van der Waals surface area (Å²) >= 11 is 5.94. The van der Waals surface area contributed by atoms with Crippen molar-refractivity contribution in [2.75, 3.05) is 26.4 Å². The van der Waals surface area contributed by atoms with Gasteiger partial charge in [0.1, 0.15) is 0 Å². The minimum absolute atomic E-state index is 0.0634. The highest BCUT2D eigenvalue weighted by Crippen LogP contribution is 2.28. The van der Waals surface area contributed by atoms with Crippen LogP contribution in [0.1, 0.15) is 12.5 Å². The normalized spacial score (nSPS) is 13.2. The summed E-state index contributed by atoms with van der Waals surface area (Å²) in [6.45, 7) is 3.42. The number of sulfonamides is 1. The lowest BCUT2D eigenvalue weighted by atomic mass is 10.2. The van der Waals surface area contributed by atoms with Crippen molar-refractivity contribution in [3.05, 3.63) is 22.7 Å². The summed E-state index contributed by atoms with van der Waals surface area (Å²) in [7, 11) is -0.787. The van der Waals surface area contributed by atoms with Gasteiger partial charge in [-0.3, -0.25) is 4.79 Å². The van der Waals surface area contributed by atoms with Crippen molar-refractivity contribution in [3.8, 4) is 0 Å². The van der Waals surface area contributed by atoms with E-state index in [0.717, 1.165) is 4.31 Å². The van der Waals surface area contributed by atoms with Crippen LogP contribution in [0.3, 0.4) is 0 Å². The Morgan fingerprint density at radius 2 is 2.05 bits per heavy atom. The van der Waals surface area contributed by atoms with Crippen molar-refractivity contribution in [1.82, 2.24) is 9.62 Å². The summed E-state index contributed by atoms with van der Waals surface area (Å²) in [5.74, 6) is -0.677. The van der Waals surface area contributed by atoms with Gasteiger partial charge in [-0.2, -0.15) is 0 Å². The number of nitrogen functional groups attached to an aromatic ring is 1. The van der Waals surface area contributed by atoms with Gasteiger partial charge in [0.2, 0.25) is 15.9 Å². The largest absolute Gasteiger partial charge is 0.397 e. The Morgan fingerprint density at radius 1 is 1.48 bits per heavy atom. The van der Waals surface area contributed by atoms with Crippen LogP contribution < -0.4 is 11.1 Å². The van der Waals surface area contributed by atoms with Crippen molar-refractivity contribution < 1.29 is 13.2 Å². The van der Waals surface area contributed by atoms with Crippen LogP contribution in [0.4, 0.5) is 5.69 Å². The number of rotatable bonds is 5. The van der Waals surface area contributed by atoms with E-state index in [1.165, 1.54) is 26.2 Å². The first-order valence-corrected chi connectivity index (χ1v) is 8.16. The van der Waals surface area contributed by atoms with Gasteiger partial charge in [-0.05, 0) is 24.6 Å². The summed E-state index contributed by atoms with van der Waals surface area (Å²) in [6.07, 6.45) is 0. The first-order chi connectivity index (χ1) is 9.61. The third kappa shape index (κ3) is 3.87. The fraction of sp³-hybridized carbons (Fsp3) is 0.462. The van der Waals surface area contributed by atoms with Crippen LogP contribution in [0, 0.1) is 12.8 Å². The lowest BCUT2D eigenvalue weighted by molar-refractivity contribution is -0.124. The number of nitrogens with one attached hydrogen (secondary N) is 1. The van der Waals surface area contributed by atoms with E-state index >= 15 is 0 Å². The molecule has 1 rings (SSSR count). The lowest BCUT2D eigenvalue weighted by Crippen LogP contribution is -2.37. The molecule has 0 saturated heterocycles. The maximum absolute atomic E-state index is 12.5. The predicted octanol–water partition coefficient (Wildman–Crippen LogP) is 1.23. The van der Waals surface area contributed by atoms with Crippen LogP contribution in [0.5, 0.6) is 0 Å². The summed E-state index contributed by atoms with van der Waals surface area (Å²) in [6, 6.07) is 2.79. The molecule has 0 aromatic heterocycles. The molecule has 0 aliphatic carbocycles. The van der Waals surface area contributed by atoms with Crippen molar-refractivity contribution in [1.29, 1.82) is 0 Å². The number of amides is 1. The fourth-order valence-corrected chi connectivity index (χ4v) is 3.40. The summed E-state index contributed by atoms with van der Waals surface area (Å²) in [5.41, 5.74) is 6.51. The SMILES string of the molecule is CNC(=O)C(C)CN(C)S(=O)(=O)c1cc(C)c(Cl)c(N)c1. The van der Waals surface area contributed by atoms with E-state index in [2.05, 4.69) is 5.32 Å². The Morgan fingerprint density at radius 3 is 2.52 bits per heavy atom. The Kier molecular flexibility index (Phi) is 5.61. The van der Waals surface area contributed by atoms with Crippen LogP contribution >= 0.6 is 11.6 Å². The average Bonchev–Trinajstić information content (AvgIpc) is 2.42. The molecule has 0 saturated carbocycles. The molecule has 3 N–H and O–H groups in total. The zero-order chi connectivity index (χ0) is 16.4. The standard InChI is InChI=1S/C13H20ClN3O3S/c1-8-5-10(6-11(15)12(8)14)21(19,20)17(4)7-9(2)13(18)16-3/h5-6,9H,7,15H2,1-4H3,(H,16,18). The first kappa shape index (κ1) is 17.7. The van der Waals surface area contributed by atoms with Gasteiger partial charge in [-0.1, -0.05) is 18.5 Å². The van der Waals surface area contributed by atoms with Crippen molar-refractivity contribution in [2.45, 2.75) is 18.7 Å². The highest BCUT2D eigenvalue weighted by molar-refractivity contribution is 7.89. The third-order valence-electron chi connectivity index (χ3n) is 3.19. The topological polar surface area (TPSA) is 92.5 Å². The molecule has 6 nitrogen and oxygen atoms in total. The first-order valence-electron chi connectivity index (χ1n) is 6.34. The molecule has 21 heavy (non-hydrogen) atoms. The molecule has 1 amide bonds. The van der Waals surface area contributed by atoms with E-state index in [4.69, 9.17) is 17.3 Å². The molecule has 0 bridgehead atoms. The second-order valence-corrected chi connectivity index (χ2v) is 7.37. The number of benzene rings is 1. The van der Waals surface area contributed by atoms with Gasteiger partial charge in [0.15, 0.2) is 0 Å². The fourth-order valence-electron chi connectivity index (χ4n) is 1.90. The zero-order valence-electron chi connectivity index (χ0n) is 12.5. The number of aryl methyl sites for hydroxylation is 1. The molecule has 0 radical (unpaired) electrons. The molecule has 0 aliphatic heterocycles. The zero-order valence-corrected chi connectivity index (χ0v) is 14.0. The van der Waals surface area contributed by atoms with Crippen molar-refractivity contribution in [2.24, 2.45) is 5.92 Å². The average molecular weight is 334 g/mol. The monoisotopic (exact) mass is 333 g/mol. The van der Waals surface area contributed by atoms with Gasteiger partial charge in [0.05, 0.1) is 15.6 Å². The number of hydrogen-bond donors (Lipinski definition) is 2. The summed E-state index contributed by atoms with van der Waals surface area (Å²) in [5, 5.41) is 2.83. The van der Waals surface area contributed by atoms with E-state index in [-0.39, 0.29) is 23.0 Å². The van der Waals surface area contributed by atoms with E-state index in [1.807, 2.05) is 0 Å². The van der Waals surface area contributed by atoms with E-state index in [9.17, 15) is 13.2 Å². The minimum Gasteiger partial charge on any atom is -0.397 e. The molecule has 118 valence electrons. The molecule has 0 fully saturated rings. The summed E-state index contributed by atoms with van der Waals surface area (Å²) < 4.78 is 26.1. The van der Waals surface area contributed by atoms with Crippen molar-refractivity contribution in [3.63, 3.8) is 0 Å². The minimum atomic E-state index is -3.72. The van der Waals surface area contributed by atoms with Crippen LogP contribution in [0.25, 0.3) is 0 Å². The van der Waals surface area contributed by atoms with Gasteiger partial charge in [-0.25, -0.2) is 12.7 Å². The molecule has 1 aromatic carbocycles. The number of nitrogens with two attached hydrogens (primary N) is 1. The quantitative estimate of drug-likeness (QED) is 0.793. The van der Waals surface area contributed by atoms with Gasteiger partial charge in [0.25, 0.3) is 0 Å². The predicted molar refractivity (Wildman–Crippen MR) is 83.6 cm³/mol. The van der Waals surface area contributed by atoms with Gasteiger partial charge in [-0.15, -0.1) is 0 Å². The van der Waals surface area contributed by atoms with Gasteiger partial charge < -0.3 is 11.1 Å². The van der Waals surface area contributed by atoms with Crippen LogP contribution in [0.2, 0.25) is 5.02 Å². The number of nitrogens with zero attached hydrogens (tertiary/aromatic N) is 1. The Hall–Kier alpha value is -1.31. The van der Waals surface area contributed by atoms with E-state index in [1.54, 1.807) is 13.8 Å². The maximum atomic E-state index is 12.5. The molecular weight excluding hydrogens is 314 g/mol.